The molecule has 0 bridgehead atoms. The third-order valence-electron chi connectivity index (χ3n) is 2.95. The Balaban J connectivity index is 2.28. The van der Waals surface area contributed by atoms with Crippen LogP contribution in [0.25, 0.3) is 0 Å². The summed E-state index contributed by atoms with van der Waals surface area (Å²) in [7, 11) is 0. The highest BCUT2D eigenvalue weighted by Gasteiger charge is 2.12. The number of amides is 1. The minimum Gasteiger partial charge on any atom is -0.398 e. The van der Waals surface area contributed by atoms with Gasteiger partial charge in [-0.3, -0.25) is 4.79 Å². The topological polar surface area (TPSA) is 55.1 Å². The van der Waals surface area contributed by atoms with Crippen LogP contribution in [0.1, 0.15) is 22.8 Å². The Morgan fingerprint density at radius 2 is 2.05 bits per heavy atom. The normalized spacial score (nSPS) is 10.3. The van der Waals surface area contributed by atoms with Crippen LogP contribution in [-0.4, -0.2) is 5.91 Å². The third-order valence-corrected chi connectivity index (χ3v) is 3.68. The van der Waals surface area contributed by atoms with E-state index in [0.717, 1.165) is 22.1 Å². The Labute approximate surface area is 131 Å². The van der Waals surface area contributed by atoms with Crippen molar-refractivity contribution in [1.82, 2.24) is 0 Å². The number of rotatable bonds is 3. The lowest BCUT2D eigenvalue weighted by molar-refractivity contribution is 0.102. The van der Waals surface area contributed by atoms with Crippen LogP contribution in [0.2, 0.25) is 5.02 Å². The van der Waals surface area contributed by atoms with Crippen LogP contribution in [0.4, 0.5) is 11.4 Å². The fourth-order valence-electron chi connectivity index (χ4n) is 1.91. The molecule has 3 N–H and O–H groups in total. The highest BCUT2D eigenvalue weighted by atomic mass is 79.9. The summed E-state index contributed by atoms with van der Waals surface area (Å²) in [5.74, 6) is -0.240. The summed E-state index contributed by atoms with van der Waals surface area (Å²) in [5, 5.41) is 3.39. The second-order valence-electron chi connectivity index (χ2n) is 4.34. The lowest BCUT2D eigenvalue weighted by Crippen LogP contribution is -2.15. The zero-order valence-corrected chi connectivity index (χ0v) is 13.3. The van der Waals surface area contributed by atoms with E-state index in [0.29, 0.717) is 16.3 Å². The van der Waals surface area contributed by atoms with Crippen LogP contribution in [0, 0.1) is 0 Å². The van der Waals surface area contributed by atoms with Crippen LogP contribution >= 0.6 is 27.5 Å². The molecule has 5 heteroatoms. The average Bonchev–Trinajstić information content (AvgIpc) is 2.40. The molecular weight excluding hydrogens is 340 g/mol. The maximum Gasteiger partial charge on any atom is 0.257 e. The molecule has 2 aromatic carbocycles. The van der Waals surface area contributed by atoms with E-state index in [1.54, 1.807) is 18.2 Å². The number of aryl methyl sites for hydroxylation is 1. The fourth-order valence-corrected chi connectivity index (χ4v) is 2.50. The minimum atomic E-state index is -0.240. The van der Waals surface area contributed by atoms with E-state index in [2.05, 4.69) is 21.2 Å². The number of carbonyl (C=O) groups is 1. The maximum atomic E-state index is 12.3. The molecule has 0 aliphatic rings. The van der Waals surface area contributed by atoms with Gasteiger partial charge in [0.25, 0.3) is 5.91 Å². The number of nitrogens with two attached hydrogens (primary N) is 1. The van der Waals surface area contributed by atoms with Crippen molar-refractivity contribution in [1.29, 1.82) is 0 Å². The van der Waals surface area contributed by atoms with Gasteiger partial charge in [0.2, 0.25) is 0 Å². The summed E-state index contributed by atoms with van der Waals surface area (Å²) in [6.07, 6.45) is 0.825. The number of nitrogen functional groups attached to an aromatic ring is 1. The van der Waals surface area contributed by atoms with Gasteiger partial charge in [-0.1, -0.05) is 34.5 Å². The number of halogens is 2. The number of anilines is 2. The molecular formula is C15H14BrClN2O. The lowest BCUT2D eigenvalue weighted by atomic mass is 10.1. The predicted octanol–water partition coefficient (Wildman–Crippen LogP) is 4.50. The van der Waals surface area contributed by atoms with Crippen molar-refractivity contribution < 1.29 is 4.79 Å². The largest absolute Gasteiger partial charge is 0.398 e. The van der Waals surface area contributed by atoms with Crippen LogP contribution in [0.15, 0.2) is 40.9 Å². The van der Waals surface area contributed by atoms with Crippen molar-refractivity contribution in [3.05, 3.63) is 57.0 Å². The third kappa shape index (κ3) is 3.32. The molecule has 0 atom stereocenters. The van der Waals surface area contributed by atoms with Gasteiger partial charge in [0.15, 0.2) is 0 Å². The highest BCUT2D eigenvalue weighted by molar-refractivity contribution is 9.10. The summed E-state index contributed by atoms with van der Waals surface area (Å²) in [6, 6.07) is 10.6. The molecule has 0 aliphatic carbocycles. The number of carbonyl (C=O) groups excluding carboxylic acids is 1. The predicted molar refractivity (Wildman–Crippen MR) is 87.3 cm³/mol. The Kier molecular flexibility index (Phi) is 4.68. The number of benzene rings is 2. The number of hydrogen-bond donors (Lipinski definition) is 2. The summed E-state index contributed by atoms with van der Waals surface area (Å²) >= 11 is 9.25. The van der Waals surface area contributed by atoms with Gasteiger partial charge in [-0.2, -0.15) is 0 Å². The molecule has 0 saturated carbocycles. The van der Waals surface area contributed by atoms with Crippen molar-refractivity contribution in [3.8, 4) is 0 Å². The van der Waals surface area contributed by atoms with E-state index in [1.165, 1.54) is 0 Å². The molecule has 104 valence electrons. The van der Waals surface area contributed by atoms with Gasteiger partial charge in [0.05, 0.1) is 5.56 Å². The van der Waals surface area contributed by atoms with Gasteiger partial charge in [-0.15, -0.1) is 0 Å². The second-order valence-corrected chi connectivity index (χ2v) is 5.69. The van der Waals surface area contributed by atoms with Crippen LogP contribution < -0.4 is 11.1 Å². The molecule has 0 unspecified atom stereocenters. The van der Waals surface area contributed by atoms with E-state index in [1.807, 2.05) is 25.1 Å². The summed E-state index contributed by atoms with van der Waals surface area (Å²) in [6.45, 7) is 2.04. The van der Waals surface area contributed by atoms with Crippen molar-refractivity contribution in [2.24, 2.45) is 0 Å². The van der Waals surface area contributed by atoms with Crippen molar-refractivity contribution >= 4 is 44.8 Å². The molecule has 0 spiro atoms. The van der Waals surface area contributed by atoms with Gasteiger partial charge < -0.3 is 11.1 Å². The first-order valence-corrected chi connectivity index (χ1v) is 7.33. The van der Waals surface area contributed by atoms with E-state index in [9.17, 15) is 4.79 Å². The number of hydrogen-bond acceptors (Lipinski definition) is 2. The van der Waals surface area contributed by atoms with Crippen molar-refractivity contribution in [2.45, 2.75) is 13.3 Å². The van der Waals surface area contributed by atoms with Gasteiger partial charge >= 0.3 is 0 Å². The van der Waals surface area contributed by atoms with Crippen LogP contribution in [-0.2, 0) is 6.42 Å². The smallest absolute Gasteiger partial charge is 0.257 e. The van der Waals surface area contributed by atoms with Crippen molar-refractivity contribution in [3.63, 3.8) is 0 Å². The first-order valence-electron chi connectivity index (χ1n) is 6.16. The molecule has 0 saturated heterocycles. The first-order chi connectivity index (χ1) is 9.51. The zero-order chi connectivity index (χ0) is 14.7. The number of nitrogens with one attached hydrogen (secondary N) is 1. The molecule has 0 fully saturated rings. The molecule has 0 aromatic heterocycles. The highest BCUT2D eigenvalue weighted by Crippen LogP contribution is 2.24. The Morgan fingerprint density at radius 1 is 1.30 bits per heavy atom. The van der Waals surface area contributed by atoms with E-state index in [-0.39, 0.29) is 5.91 Å². The van der Waals surface area contributed by atoms with Gasteiger partial charge in [-0.05, 0) is 48.4 Å². The van der Waals surface area contributed by atoms with Crippen molar-refractivity contribution in [2.75, 3.05) is 11.1 Å². The standard InChI is InChI=1S/C15H14BrClN2O/c1-2-9-7-10(16)3-6-14(9)19-15(20)12-5-4-11(17)8-13(12)18/h3-8H,2,18H2,1H3,(H,19,20). The zero-order valence-electron chi connectivity index (χ0n) is 10.9. The summed E-state index contributed by atoms with van der Waals surface area (Å²) in [4.78, 5) is 12.3. The maximum absolute atomic E-state index is 12.3. The van der Waals surface area contributed by atoms with Crippen LogP contribution in [0.5, 0.6) is 0 Å². The molecule has 0 heterocycles. The Bertz CT molecular complexity index is 658. The van der Waals surface area contributed by atoms with E-state index >= 15 is 0 Å². The van der Waals surface area contributed by atoms with Gasteiger partial charge in [-0.25, -0.2) is 0 Å². The summed E-state index contributed by atoms with van der Waals surface area (Å²) in [5.41, 5.74) is 8.44. The molecule has 2 aromatic rings. The lowest BCUT2D eigenvalue weighted by Gasteiger charge is -2.11. The van der Waals surface area contributed by atoms with Gasteiger partial charge in [0.1, 0.15) is 0 Å². The van der Waals surface area contributed by atoms with Crippen LogP contribution in [0.3, 0.4) is 0 Å². The summed E-state index contributed by atoms with van der Waals surface area (Å²) < 4.78 is 0.985. The Morgan fingerprint density at radius 3 is 2.70 bits per heavy atom. The molecule has 20 heavy (non-hydrogen) atoms. The SMILES string of the molecule is CCc1cc(Br)ccc1NC(=O)c1ccc(Cl)cc1N. The fraction of sp³-hybridized carbons (Fsp3) is 0.133. The molecule has 0 aliphatic heterocycles. The quantitative estimate of drug-likeness (QED) is 0.798. The minimum absolute atomic E-state index is 0.240. The first kappa shape index (κ1) is 14.9. The second kappa shape index (κ2) is 6.29. The van der Waals surface area contributed by atoms with Gasteiger partial charge in [0, 0.05) is 20.9 Å². The van der Waals surface area contributed by atoms with E-state index < -0.39 is 0 Å². The molecule has 1 amide bonds. The monoisotopic (exact) mass is 352 g/mol. The molecule has 2 rings (SSSR count). The van der Waals surface area contributed by atoms with E-state index in [4.69, 9.17) is 17.3 Å². The average molecular weight is 354 g/mol. The Hall–Kier alpha value is -1.52. The molecule has 0 radical (unpaired) electrons. The molecule has 3 nitrogen and oxygen atoms in total.